The van der Waals surface area contributed by atoms with Crippen LogP contribution in [0.25, 0.3) is 0 Å². The molecule has 0 saturated carbocycles. The van der Waals surface area contributed by atoms with Crippen LogP contribution in [0.15, 0.2) is 16.9 Å². The Hall–Kier alpha value is -2.11. The van der Waals surface area contributed by atoms with Gasteiger partial charge >= 0.3 is 0 Å². The minimum atomic E-state index is -0.770. The third-order valence-corrected chi connectivity index (χ3v) is 5.94. The van der Waals surface area contributed by atoms with E-state index in [4.69, 9.17) is 0 Å². The molecule has 2 fully saturated rings. The fourth-order valence-corrected chi connectivity index (χ4v) is 4.54. The second kappa shape index (κ2) is 6.89. The number of carbonyl (C=O) groups is 2. The molecule has 2 saturated heterocycles. The maximum Gasteiger partial charge on any atom is 0.263 e. The van der Waals surface area contributed by atoms with Crippen LogP contribution in [0.2, 0.25) is 0 Å². The maximum atomic E-state index is 13.3. The molecule has 1 aromatic rings. The normalized spacial score (nSPS) is 23.3. The first-order chi connectivity index (χ1) is 12.3. The van der Waals surface area contributed by atoms with Gasteiger partial charge in [-0.15, -0.1) is 0 Å². The molecule has 3 rings (SSSR count). The third kappa shape index (κ3) is 2.75. The monoisotopic (exact) mass is 359 g/mol. The maximum absolute atomic E-state index is 13.3. The van der Waals surface area contributed by atoms with Crippen LogP contribution in [0.5, 0.6) is 0 Å². The van der Waals surface area contributed by atoms with E-state index in [0.29, 0.717) is 25.9 Å². The fourth-order valence-electron chi connectivity index (χ4n) is 4.54. The fraction of sp³-hybridized carbons (Fsp3) is 0.650. The summed E-state index contributed by atoms with van der Waals surface area (Å²) in [6.45, 7) is 9.59. The summed E-state index contributed by atoms with van der Waals surface area (Å²) in [4.78, 5) is 42.9. The Kier molecular flexibility index (Phi) is 4.95. The molecule has 1 spiro atoms. The van der Waals surface area contributed by atoms with E-state index in [-0.39, 0.29) is 29.0 Å². The van der Waals surface area contributed by atoms with Crippen LogP contribution in [0, 0.1) is 6.92 Å². The Morgan fingerprint density at radius 2 is 1.81 bits per heavy atom. The molecule has 0 bridgehead atoms. The van der Waals surface area contributed by atoms with Gasteiger partial charge in [0.2, 0.25) is 5.91 Å². The number of hydrogen-bond acceptors (Lipinski definition) is 3. The molecule has 6 nitrogen and oxygen atoms in total. The van der Waals surface area contributed by atoms with E-state index in [1.807, 2.05) is 38.7 Å². The van der Waals surface area contributed by atoms with Crippen molar-refractivity contribution >= 4 is 11.8 Å². The van der Waals surface area contributed by atoms with Crippen LogP contribution < -0.4 is 5.56 Å². The van der Waals surface area contributed by atoms with Gasteiger partial charge in [-0.25, -0.2) is 0 Å². The van der Waals surface area contributed by atoms with E-state index < -0.39 is 5.54 Å². The number of nitrogens with zero attached hydrogens (tertiary/aromatic N) is 3. The lowest BCUT2D eigenvalue weighted by Crippen LogP contribution is -2.62. The number of rotatable bonds is 3. The minimum Gasteiger partial charge on any atom is -0.338 e. The standard InChI is InChI=1S/C20H29N3O3/c1-5-21-15(4)8-9-16(17(21)24)18(25)23-13-7-11-20(23)10-6-12-22(14(2)3)19(20)26/h8-9,14H,5-7,10-13H2,1-4H3. The average molecular weight is 359 g/mol. The lowest BCUT2D eigenvalue weighted by Gasteiger charge is -2.46. The van der Waals surface area contributed by atoms with Gasteiger partial charge in [-0.1, -0.05) is 0 Å². The van der Waals surface area contributed by atoms with Crippen LogP contribution in [-0.4, -0.2) is 50.9 Å². The topological polar surface area (TPSA) is 62.6 Å². The second-order valence-corrected chi connectivity index (χ2v) is 7.73. The SMILES string of the molecule is CCn1c(C)ccc(C(=O)N2CCCC23CCCN(C(C)C)C3=O)c1=O. The van der Waals surface area contributed by atoms with Gasteiger partial charge in [-0.05, 0) is 65.5 Å². The third-order valence-electron chi connectivity index (χ3n) is 5.94. The van der Waals surface area contributed by atoms with E-state index in [1.165, 1.54) is 0 Å². The molecule has 6 heteroatoms. The number of aryl methyl sites for hydroxylation is 1. The zero-order valence-corrected chi connectivity index (χ0v) is 16.2. The van der Waals surface area contributed by atoms with Crippen LogP contribution in [0.1, 0.15) is 62.5 Å². The molecule has 1 atom stereocenters. The van der Waals surface area contributed by atoms with Gasteiger partial charge in [-0.2, -0.15) is 0 Å². The largest absolute Gasteiger partial charge is 0.338 e. The van der Waals surface area contributed by atoms with E-state index in [2.05, 4.69) is 0 Å². The average Bonchev–Trinajstić information content (AvgIpc) is 3.01. The molecule has 26 heavy (non-hydrogen) atoms. The highest BCUT2D eigenvalue weighted by atomic mass is 16.2. The molecule has 2 aliphatic rings. The van der Waals surface area contributed by atoms with Gasteiger partial charge in [0.05, 0.1) is 0 Å². The van der Waals surface area contributed by atoms with Gasteiger partial charge in [-0.3, -0.25) is 14.4 Å². The summed E-state index contributed by atoms with van der Waals surface area (Å²) in [6, 6.07) is 3.55. The van der Waals surface area contributed by atoms with Gasteiger partial charge in [0.1, 0.15) is 11.1 Å². The van der Waals surface area contributed by atoms with Crippen molar-refractivity contribution in [2.24, 2.45) is 0 Å². The molecule has 2 amide bonds. The molecule has 142 valence electrons. The van der Waals surface area contributed by atoms with Crippen LogP contribution in [0.4, 0.5) is 0 Å². The molecule has 0 N–H and O–H groups in total. The first kappa shape index (κ1) is 18.7. The first-order valence-electron chi connectivity index (χ1n) is 9.67. The summed E-state index contributed by atoms with van der Waals surface area (Å²) < 4.78 is 1.61. The highest BCUT2D eigenvalue weighted by Crippen LogP contribution is 2.39. The molecule has 2 aliphatic heterocycles. The smallest absolute Gasteiger partial charge is 0.263 e. The number of piperidine rings is 1. The quantitative estimate of drug-likeness (QED) is 0.831. The Morgan fingerprint density at radius 1 is 1.15 bits per heavy atom. The van der Waals surface area contributed by atoms with Gasteiger partial charge in [0.25, 0.3) is 11.5 Å². The van der Waals surface area contributed by atoms with Crippen LogP contribution in [-0.2, 0) is 11.3 Å². The number of pyridine rings is 1. The Labute approximate surface area is 154 Å². The van der Waals surface area contributed by atoms with E-state index in [9.17, 15) is 14.4 Å². The number of aromatic nitrogens is 1. The van der Waals surface area contributed by atoms with E-state index >= 15 is 0 Å². The molecule has 3 heterocycles. The lowest BCUT2D eigenvalue weighted by molar-refractivity contribution is -0.147. The molecule has 1 aromatic heterocycles. The zero-order valence-electron chi connectivity index (χ0n) is 16.2. The summed E-state index contributed by atoms with van der Waals surface area (Å²) in [5, 5.41) is 0. The number of carbonyl (C=O) groups excluding carboxylic acids is 2. The summed E-state index contributed by atoms with van der Waals surface area (Å²) in [7, 11) is 0. The number of amides is 2. The van der Waals surface area contributed by atoms with E-state index in [1.54, 1.807) is 15.5 Å². The Bertz CT molecular complexity index is 783. The predicted molar refractivity (Wildman–Crippen MR) is 100 cm³/mol. The predicted octanol–water partition coefficient (Wildman–Crippen LogP) is 2.18. The number of likely N-dealkylation sites (tertiary alicyclic amines) is 2. The van der Waals surface area contributed by atoms with Crippen LogP contribution >= 0.6 is 0 Å². The van der Waals surface area contributed by atoms with Gasteiger partial charge < -0.3 is 14.4 Å². The second-order valence-electron chi connectivity index (χ2n) is 7.73. The van der Waals surface area contributed by atoms with Crippen molar-refractivity contribution in [1.82, 2.24) is 14.4 Å². The molecule has 0 aromatic carbocycles. The summed E-state index contributed by atoms with van der Waals surface area (Å²) in [5.74, 6) is -0.249. The van der Waals surface area contributed by atoms with Crippen LogP contribution in [0.3, 0.4) is 0 Å². The first-order valence-corrected chi connectivity index (χ1v) is 9.67. The molecule has 1 unspecified atom stereocenters. The van der Waals surface area contributed by atoms with Crippen molar-refractivity contribution in [2.45, 2.75) is 71.5 Å². The summed E-state index contributed by atoms with van der Waals surface area (Å²) >= 11 is 0. The summed E-state index contributed by atoms with van der Waals surface area (Å²) in [5.41, 5.74) is -0.0184. The van der Waals surface area contributed by atoms with E-state index in [0.717, 1.165) is 25.1 Å². The molecule has 0 radical (unpaired) electrons. The Morgan fingerprint density at radius 3 is 2.42 bits per heavy atom. The Balaban J connectivity index is 2.00. The van der Waals surface area contributed by atoms with Gasteiger partial charge in [0.15, 0.2) is 0 Å². The summed E-state index contributed by atoms with van der Waals surface area (Å²) in [6.07, 6.45) is 3.07. The van der Waals surface area contributed by atoms with Crippen molar-refractivity contribution in [2.75, 3.05) is 13.1 Å². The molecule has 0 aliphatic carbocycles. The highest BCUT2D eigenvalue weighted by molar-refractivity contribution is 5.99. The van der Waals surface area contributed by atoms with Crippen molar-refractivity contribution in [3.8, 4) is 0 Å². The van der Waals surface area contributed by atoms with Crippen molar-refractivity contribution in [1.29, 1.82) is 0 Å². The van der Waals surface area contributed by atoms with Crippen molar-refractivity contribution in [3.05, 3.63) is 33.7 Å². The highest BCUT2D eigenvalue weighted by Gasteiger charge is 2.53. The minimum absolute atomic E-state index is 0.0486. The lowest BCUT2D eigenvalue weighted by atomic mass is 9.84. The molecular formula is C20H29N3O3. The number of hydrogen-bond donors (Lipinski definition) is 0. The van der Waals surface area contributed by atoms with Gasteiger partial charge in [0, 0.05) is 31.4 Å². The molecular weight excluding hydrogens is 330 g/mol. The zero-order chi connectivity index (χ0) is 19.1. The van der Waals surface area contributed by atoms with Crippen molar-refractivity contribution in [3.63, 3.8) is 0 Å². The van der Waals surface area contributed by atoms with Crippen molar-refractivity contribution < 1.29 is 9.59 Å².